The predicted molar refractivity (Wildman–Crippen MR) is 54.9 cm³/mol. The first-order valence-corrected chi connectivity index (χ1v) is 4.68. The van der Waals surface area contributed by atoms with Crippen LogP contribution >= 0.6 is 28.3 Å². The lowest BCUT2D eigenvalue weighted by Gasteiger charge is -2.05. The van der Waals surface area contributed by atoms with Gasteiger partial charge in [0.2, 0.25) is 0 Å². The normalized spacial score (nSPS) is 27.2. The molecule has 0 aromatic carbocycles. The minimum atomic E-state index is -0.0775. The van der Waals surface area contributed by atoms with Crippen molar-refractivity contribution in [2.75, 3.05) is 6.61 Å². The third-order valence-electron chi connectivity index (χ3n) is 1.80. The molecule has 1 fully saturated rings. The van der Waals surface area contributed by atoms with Gasteiger partial charge in [-0.2, -0.15) is 0 Å². The maximum Gasteiger partial charge on any atom is 0.169 e. The van der Waals surface area contributed by atoms with E-state index in [9.17, 15) is 0 Å². The molecule has 2 heterocycles. The molecule has 0 radical (unpaired) electrons. The standard InChI is InChI=1S/C8H10BrNO2.ClH/c1-5-4-11-8(10-5)6-2-3-7(9)12-6;/h2-3,5,8,10H,4H2,1H3;1H. The van der Waals surface area contributed by atoms with Crippen molar-refractivity contribution in [3.63, 3.8) is 0 Å². The number of halogens is 2. The largest absolute Gasteiger partial charge is 0.450 e. The van der Waals surface area contributed by atoms with Gasteiger partial charge < -0.3 is 9.15 Å². The van der Waals surface area contributed by atoms with Crippen LogP contribution in [-0.4, -0.2) is 12.6 Å². The van der Waals surface area contributed by atoms with Crippen LogP contribution in [-0.2, 0) is 4.74 Å². The topological polar surface area (TPSA) is 34.4 Å². The molecule has 2 atom stereocenters. The van der Waals surface area contributed by atoms with E-state index in [1.54, 1.807) is 0 Å². The summed E-state index contributed by atoms with van der Waals surface area (Å²) in [5.41, 5.74) is 0. The van der Waals surface area contributed by atoms with Crippen LogP contribution in [0.2, 0.25) is 0 Å². The fourth-order valence-corrected chi connectivity index (χ4v) is 1.55. The van der Waals surface area contributed by atoms with Crippen molar-refractivity contribution in [3.8, 4) is 0 Å². The Kier molecular flexibility index (Phi) is 3.79. The fourth-order valence-electron chi connectivity index (χ4n) is 1.23. The van der Waals surface area contributed by atoms with Gasteiger partial charge in [0.15, 0.2) is 10.9 Å². The third-order valence-corrected chi connectivity index (χ3v) is 2.23. The molecule has 74 valence electrons. The van der Waals surface area contributed by atoms with Crippen LogP contribution < -0.4 is 5.32 Å². The van der Waals surface area contributed by atoms with Crippen molar-refractivity contribution >= 4 is 28.3 Å². The average molecular weight is 269 g/mol. The maximum atomic E-state index is 5.44. The van der Waals surface area contributed by atoms with E-state index < -0.39 is 0 Å². The molecular formula is C8H11BrClNO2. The van der Waals surface area contributed by atoms with Gasteiger partial charge in [-0.25, -0.2) is 0 Å². The molecule has 1 aromatic rings. The van der Waals surface area contributed by atoms with Crippen LogP contribution in [0.4, 0.5) is 0 Å². The minimum absolute atomic E-state index is 0. The number of hydrogen-bond donors (Lipinski definition) is 1. The molecule has 0 bridgehead atoms. The second kappa shape index (κ2) is 4.46. The zero-order valence-corrected chi connectivity index (χ0v) is 9.52. The Balaban J connectivity index is 0.000000845. The molecule has 2 unspecified atom stereocenters. The molecule has 13 heavy (non-hydrogen) atoms. The third kappa shape index (κ3) is 2.47. The molecule has 1 saturated heterocycles. The summed E-state index contributed by atoms with van der Waals surface area (Å²) in [5.74, 6) is 0.825. The van der Waals surface area contributed by atoms with Gasteiger partial charge in [-0.15, -0.1) is 12.4 Å². The van der Waals surface area contributed by atoms with Gasteiger partial charge in [-0.1, -0.05) is 0 Å². The number of rotatable bonds is 1. The molecule has 1 N–H and O–H groups in total. The summed E-state index contributed by atoms with van der Waals surface area (Å²) in [5, 5.41) is 3.25. The molecule has 1 aliphatic heterocycles. The van der Waals surface area contributed by atoms with Crippen molar-refractivity contribution in [3.05, 3.63) is 22.6 Å². The molecule has 0 amide bonds. The van der Waals surface area contributed by atoms with Crippen molar-refractivity contribution in [1.82, 2.24) is 5.32 Å². The highest BCUT2D eigenvalue weighted by atomic mass is 79.9. The summed E-state index contributed by atoms with van der Waals surface area (Å²) in [4.78, 5) is 0. The van der Waals surface area contributed by atoms with E-state index in [0.717, 1.165) is 17.0 Å². The van der Waals surface area contributed by atoms with E-state index in [4.69, 9.17) is 9.15 Å². The lowest BCUT2D eigenvalue weighted by molar-refractivity contribution is 0.0818. The second-order valence-corrected chi connectivity index (χ2v) is 3.70. The Morgan fingerprint density at radius 2 is 2.31 bits per heavy atom. The summed E-state index contributed by atoms with van der Waals surface area (Å²) in [6.45, 7) is 2.82. The molecule has 0 saturated carbocycles. The minimum Gasteiger partial charge on any atom is -0.450 e. The van der Waals surface area contributed by atoms with Gasteiger partial charge in [-0.05, 0) is 35.0 Å². The number of hydrogen-bond acceptors (Lipinski definition) is 3. The SMILES string of the molecule is CC1COC(c2ccc(Br)o2)N1.Cl. The molecule has 1 aromatic heterocycles. The van der Waals surface area contributed by atoms with Crippen molar-refractivity contribution in [2.45, 2.75) is 19.2 Å². The van der Waals surface area contributed by atoms with E-state index in [-0.39, 0.29) is 18.6 Å². The zero-order chi connectivity index (χ0) is 8.55. The van der Waals surface area contributed by atoms with Crippen LogP contribution in [0.15, 0.2) is 21.2 Å². The highest BCUT2D eigenvalue weighted by Crippen LogP contribution is 2.24. The fraction of sp³-hybridized carbons (Fsp3) is 0.500. The molecule has 1 aliphatic rings. The van der Waals surface area contributed by atoms with Gasteiger partial charge in [0.05, 0.1) is 6.61 Å². The van der Waals surface area contributed by atoms with Crippen LogP contribution in [0, 0.1) is 0 Å². The lowest BCUT2D eigenvalue weighted by Crippen LogP contribution is -2.21. The number of nitrogens with one attached hydrogen (secondary N) is 1. The van der Waals surface area contributed by atoms with Crippen LogP contribution in [0.5, 0.6) is 0 Å². The van der Waals surface area contributed by atoms with Gasteiger partial charge in [0, 0.05) is 6.04 Å². The van der Waals surface area contributed by atoms with E-state index in [2.05, 4.69) is 28.2 Å². The van der Waals surface area contributed by atoms with Gasteiger partial charge in [0.1, 0.15) is 5.76 Å². The van der Waals surface area contributed by atoms with Crippen molar-refractivity contribution in [1.29, 1.82) is 0 Å². The first-order valence-electron chi connectivity index (χ1n) is 3.88. The van der Waals surface area contributed by atoms with E-state index in [0.29, 0.717) is 6.04 Å². The first-order chi connectivity index (χ1) is 5.75. The Labute approximate surface area is 91.4 Å². The molecule has 3 nitrogen and oxygen atoms in total. The first kappa shape index (κ1) is 11.0. The Bertz CT molecular complexity index is 279. The highest BCUT2D eigenvalue weighted by molar-refractivity contribution is 9.10. The van der Waals surface area contributed by atoms with Crippen LogP contribution in [0.25, 0.3) is 0 Å². The quantitative estimate of drug-likeness (QED) is 0.850. The van der Waals surface area contributed by atoms with Crippen molar-refractivity contribution < 1.29 is 9.15 Å². The van der Waals surface area contributed by atoms with Gasteiger partial charge in [-0.3, -0.25) is 5.32 Å². The second-order valence-electron chi connectivity index (χ2n) is 2.92. The summed E-state index contributed by atoms with van der Waals surface area (Å²) >= 11 is 3.24. The van der Waals surface area contributed by atoms with Crippen LogP contribution in [0.1, 0.15) is 18.9 Å². The molecule has 0 spiro atoms. The molecule has 5 heteroatoms. The number of ether oxygens (including phenoxy) is 1. The van der Waals surface area contributed by atoms with E-state index in [1.165, 1.54) is 0 Å². The van der Waals surface area contributed by atoms with Crippen molar-refractivity contribution in [2.24, 2.45) is 0 Å². The van der Waals surface area contributed by atoms with E-state index >= 15 is 0 Å². The summed E-state index contributed by atoms with van der Waals surface area (Å²) in [7, 11) is 0. The molecule has 2 rings (SSSR count). The van der Waals surface area contributed by atoms with Gasteiger partial charge >= 0.3 is 0 Å². The monoisotopic (exact) mass is 267 g/mol. The maximum absolute atomic E-state index is 5.44. The Hall–Kier alpha value is -0.0300. The predicted octanol–water partition coefficient (Wildman–Crippen LogP) is 2.47. The summed E-state index contributed by atoms with van der Waals surface area (Å²) in [6.07, 6.45) is -0.0775. The van der Waals surface area contributed by atoms with Gasteiger partial charge in [0.25, 0.3) is 0 Å². The summed E-state index contributed by atoms with van der Waals surface area (Å²) in [6, 6.07) is 4.17. The average Bonchev–Trinajstić information content (AvgIpc) is 2.58. The molecular weight excluding hydrogens is 257 g/mol. The summed E-state index contributed by atoms with van der Waals surface area (Å²) < 4.78 is 11.5. The van der Waals surface area contributed by atoms with E-state index in [1.807, 2.05) is 12.1 Å². The smallest absolute Gasteiger partial charge is 0.169 e. The Morgan fingerprint density at radius 3 is 2.77 bits per heavy atom. The zero-order valence-electron chi connectivity index (χ0n) is 7.12. The van der Waals surface area contributed by atoms with Crippen LogP contribution in [0.3, 0.4) is 0 Å². The molecule has 0 aliphatic carbocycles. The lowest BCUT2D eigenvalue weighted by atomic mass is 10.3. The highest BCUT2D eigenvalue weighted by Gasteiger charge is 2.24. The Morgan fingerprint density at radius 1 is 1.54 bits per heavy atom. The number of furan rings is 1.